The molecule has 0 fully saturated rings. The molecule has 0 radical (unpaired) electrons. The summed E-state index contributed by atoms with van der Waals surface area (Å²) < 4.78 is 6.45. The third-order valence-corrected chi connectivity index (χ3v) is 3.12. The van der Waals surface area contributed by atoms with Crippen LogP contribution < -0.4 is 10.1 Å². The third kappa shape index (κ3) is 2.91. The van der Waals surface area contributed by atoms with E-state index >= 15 is 0 Å². The van der Waals surface area contributed by atoms with Gasteiger partial charge in [-0.1, -0.05) is 15.9 Å². The Morgan fingerprint density at radius 2 is 2.39 bits per heavy atom. The largest absolute Gasteiger partial charge is 0.488 e. The predicted molar refractivity (Wildman–Crippen MR) is 72.3 cm³/mol. The van der Waals surface area contributed by atoms with Crippen LogP contribution in [-0.4, -0.2) is 30.3 Å². The minimum Gasteiger partial charge on any atom is -0.488 e. The van der Waals surface area contributed by atoms with Crippen LogP contribution in [0, 0.1) is 0 Å². The lowest BCUT2D eigenvalue weighted by molar-refractivity contribution is -0.118. The Labute approximate surface area is 114 Å². The van der Waals surface area contributed by atoms with Crippen LogP contribution in [0.4, 0.5) is 0 Å². The lowest BCUT2D eigenvalue weighted by Crippen LogP contribution is -2.37. The van der Waals surface area contributed by atoms with Crippen LogP contribution in [0.25, 0.3) is 6.08 Å². The summed E-state index contributed by atoms with van der Waals surface area (Å²) in [7, 11) is 0. The highest BCUT2D eigenvalue weighted by molar-refractivity contribution is 9.10. The molecule has 0 aliphatic carbocycles. The molecular weight excluding hydrogens is 298 g/mol. The van der Waals surface area contributed by atoms with Gasteiger partial charge in [-0.05, 0) is 31.2 Å². The van der Waals surface area contributed by atoms with Crippen LogP contribution in [0.2, 0.25) is 0 Å². The summed E-state index contributed by atoms with van der Waals surface area (Å²) in [6.07, 6.45) is 1.81. The zero-order chi connectivity index (χ0) is 13.1. The van der Waals surface area contributed by atoms with Gasteiger partial charge < -0.3 is 15.2 Å². The van der Waals surface area contributed by atoms with Crippen molar-refractivity contribution in [1.82, 2.24) is 5.32 Å². The lowest BCUT2D eigenvalue weighted by atomic mass is 10.1. The van der Waals surface area contributed by atoms with E-state index in [9.17, 15) is 4.79 Å². The van der Waals surface area contributed by atoms with Gasteiger partial charge in [0, 0.05) is 16.1 Å². The van der Waals surface area contributed by atoms with Crippen molar-refractivity contribution in [3.63, 3.8) is 0 Å². The first kappa shape index (κ1) is 13.1. The average Bonchev–Trinajstić information content (AvgIpc) is 2.37. The van der Waals surface area contributed by atoms with E-state index in [1.54, 1.807) is 6.92 Å². The van der Waals surface area contributed by atoms with Crippen molar-refractivity contribution in [3.05, 3.63) is 33.8 Å². The third-order valence-electron chi connectivity index (χ3n) is 2.63. The van der Waals surface area contributed by atoms with Crippen molar-refractivity contribution in [1.29, 1.82) is 0 Å². The molecule has 2 N–H and O–H groups in total. The summed E-state index contributed by atoms with van der Waals surface area (Å²) in [5.74, 6) is 0.562. The van der Waals surface area contributed by atoms with Gasteiger partial charge in [-0.15, -0.1) is 0 Å². The number of nitrogens with one attached hydrogen (secondary N) is 1. The molecule has 2 rings (SSSR count). The zero-order valence-electron chi connectivity index (χ0n) is 9.94. The molecule has 0 bridgehead atoms. The molecule has 0 aromatic heterocycles. The van der Waals surface area contributed by atoms with Gasteiger partial charge in [0.15, 0.2) is 0 Å². The molecule has 1 aliphatic rings. The number of rotatable bonds is 3. The van der Waals surface area contributed by atoms with E-state index in [0.717, 1.165) is 15.8 Å². The fourth-order valence-corrected chi connectivity index (χ4v) is 2.02. The molecular formula is C13H14BrNO3. The number of carbonyl (C=O) groups is 1. The van der Waals surface area contributed by atoms with Crippen LogP contribution in [0.5, 0.6) is 5.75 Å². The molecule has 1 aliphatic heterocycles. The first-order valence-corrected chi connectivity index (χ1v) is 6.44. The number of aliphatic hydroxyl groups is 1. The van der Waals surface area contributed by atoms with Crippen LogP contribution in [0.1, 0.15) is 12.5 Å². The van der Waals surface area contributed by atoms with Crippen molar-refractivity contribution in [2.24, 2.45) is 0 Å². The Morgan fingerprint density at radius 3 is 3.11 bits per heavy atom. The maximum absolute atomic E-state index is 11.9. The predicted octanol–water partition coefficient (Wildman–Crippen LogP) is 1.72. The normalized spacial score (nSPS) is 15.2. The molecule has 0 saturated carbocycles. The minimum atomic E-state index is -0.262. The lowest BCUT2D eigenvalue weighted by Gasteiger charge is -2.19. The molecule has 96 valence electrons. The fraction of sp³-hybridized carbons (Fsp3) is 0.308. The molecule has 4 nitrogen and oxygen atoms in total. The molecule has 1 aromatic carbocycles. The van der Waals surface area contributed by atoms with E-state index < -0.39 is 0 Å². The number of carbonyl (C=O) groups excluding carboxylic acids is 1. The molecule has 1 unspecified atom stereocenters. The van der Waals surface area contributed by atoms with E-state index in [1.807, 2.05) is 24.3 Å². The van der Waals surface area contributed by atoms with Crippen LogP contribution in [-0.2, 0) is 4.79 Å². The second-order valence-corrected chi connectivity index (χ2v) is 5.11. The van der Waals surface area contributed by atoms with Gasteiger partial charge in [0.25, 0.3) is 5.91 Å². The number of aliphatic hydroxyl groups excluding tert-OH is 1. The van der Waals surface area contributed by atoms with E-state index in [4.69, 9.17) is 9.84 Å². The Balaban J connectivity index is 2.19. The summed E-state index contributed by atoms with van der Waals surface area (Å²) in [6.45, 7) is 1.91. The maximum Gasteiger partial charge on any atom is 0.250 e. The highest BCUT2D eigenvalue weighted by Crippen LogP contribution is 2.29. The molecule has 0 spiro atoms. The standard InChI is InChI=1S/C13H14BrNO3/c1-8(6-16)15-13(17)10-4-9-5-11(14)2-3-12(9)18-7-10/h2-5,8,16H,6-7H2,1H3,(H,15,17). The smallest absolute Gasteiger partial charge is 0.250 e. The molecule has 1 aromatic rings. The summed E-state index contributed by atoms with van der Waals surface area (Å²) in [5, 5.41) is 11.6. The van der Waals surface area contributed by atoms with Crippen molar-refractivity contribution in [2.75, 3.05) is 13.2 Å². The average molecular weight is 312 g/mol. The number of hydrogen-bond donors (Lipinski definition) is 2. The summed E-state index contributed by atoms with van der Waals surface area (Å²) in [5.41, 5.74) is 1.43. The Kier molecular flexibility index (Phi) is 4.04. The minimum absolute atomic E-state index is 0.0813. The highest BCUT2D eigenvalue weighted by Gasteiger charge is 2.18. The van der Waals surface area contributed by atoms with Gasteiger partial charge in [-0.3, -0.25) is 4.79 Å². The molecule has 1 amide bonds. The SMILES string of the molecule is CC(CO)NC(=O)C1=Cc2cc(Br)ccc2OC1. The van der Waals surface area contributed by atoms with Gasteiger partial charge in [-0.25, -0.2) is 0 Å². The molecule has 1 heterocycles. The highest BCUT2D eigenvalue weighted by atomic mass is 79.9. The second-order valence-electron chi connectivity index (χ2n) is 4.20. The molecule has 18 heavy (non-hydrogen) atoms. The monoisotopic (exact) mass is 311 g/mol. The number of benzene rings is 1. The second kappa shape index (κ2) is 5.54. The fourth-order valence-electron chi connectivity index (χ4n) is 1.64. The van der Waals surface area contributed by atoms with Crippen molar-refractivity contribution < 1.29 is 14.6 Å². The van der Waals surface area contributed by atoms with Gasteiger partial charge >= 0.3 is 0 Å². The van der Waals surface area contributed by atoms with Gasteiger partial charge in [0.05, 0.1) is 12.2 Å². The van der Waals surface area contributed by atoms with E-state index in [0.29, 0.717) is 5.57 Å². The molecule has 0 saturated heterocycles. The molecule has 5 heteroatoms. The van der Waals surface area contributed by atoms with E-state index in [-0.39, 0.29) is 25.2 Å². The topological polar surface area (TPSA) is 58.6 Å². The van der Waals surface area contributed by atoms with E-state index in [1.165, 1.54) is 0 Å². The first-order valence-electron chi connectivity index (χ1n) is 5.65. The maximum atomic E-state index is 11.9. The van der Waals surface area contributed by atoms with Gasteiger partial charge in [0.1, 0.15) is 12.4 Å². The van der Waals surface area contributed by atoms with Crippen LogP contribution >= 0.6 is 15.9 Å². The number of amides is 1. The first-order chi connectivity index (χ1) is 8.60. The summed E-state index contributed by atoms with van der Waals surface area (Å²) >= 11 is 3.38. The Morgan fingerprint density at radius 1 is 1.61 bits per heavy atom. The molecule has 1 atom stereocenters. The Hall–Kier alpha value is -1.33. The van der Waals surface area contributed by atoms with Gasteiger partial charge in [0.2, 0.25) is 0 Å². The Bertz CT molecular complexity index is 499. The zero-order valence-corrected chi connectivity index (χ0v) is 11.5. The number of hydrogen-bond acceptors (Lipinski definition) is 3. The van der Waals surface area contributed by atoms with Crippen LogP contribution in [0.3, 0.4) is 0 Å². The summed E-state index contributed by atoms with van der Waals surface area (Å²) in [4.78, 5) is 11.9. The van der Waals surface area contributed by atoms with E-state index in [2.05, 4.69) is 21.2 Å². The number of halogens is 1. The summed E-state index contributed by atoms with van der Waals surface area (Å²) in [6, 6.07) is 5.39. The van der Waals surface area contributed by atoms with Crippen molar-refractivity contribution in [2.45, 2.75) is 13.0 Å². The number of fused-ring (bicyclic) bond motifs is 1. The van der Waals surface area contributed by atoms with Gasteiger partial charge in [-0.2, -0.15) is 0 Å². The van der Waals surface area contributed by atoms with Crippen molar-refractivity contribution in [3.8, 4) is 5.75 Å². The number of ether oxygens (including phenoxy) is 1. The quantitative estimate of drug-likeness (QED) is 0.893. The van der Waals surface area contributed by atoms with Crippen LogP contribution in [0.15, 0.2) is 28.2 Å². The van der Waals surface area contributed by atoms with Crippen molar-refractivity contribution >= 4 is 27.9 Å².